The third-order valence-electron chi connectivity index (χ3n) is 2.88. The van der Waals surface area contributed by atoms with E-state index in [1.165, 1.54) is 11.3 Å². The summed E-state index contributed by atoms with van der Waals surface area (Å²) in [6.45, 7) is 0.311. The molecular formula is C10H13N3O3S. The van der Waals surface area contributed by atoms with Crippen molar-refractivity contribution < 1.29 is 14.7 Å². The lowest BCUT2D eigenvalue weighted by Gasteiger charge is -2.38. The molecule has 1 saturated carbocycles. The Hall–Kier alpha value is -1.63. The van der Waals surface area contributed by atoms with E-state index in [9.17, 15) is 9.59 Å². The highest BCUT2D eigenvalue weighted by Crippen LogP contribution is 2.31. The average Bonchev–Trinajstić information content (AvgIpc) is 2.72. The molecule has 6 nitrogen and oxygen atoms in total. The van der Waals surface area contributed by atoms with Crippen LogP contribution in [-0.4, -0.2) is 27.6 Å². The second-order valence-electron chi connectivity index (χ2n) is 4.03. The maximum atomic E-state index is 11.5. The fourth-order valence-electron chi connectivity index (χ4n) is 1.68. The first-order valence-corrected chi connectivity index (χ1v) is 6.23. The monoisotopic (exact) mass is 255 g/mol. The number of carboxylic acids is 1. The minimum atomic E-state index is -1.06. The summed E-state index contributed by atoms with van der Waals surface area (Å²) in [4.78, 5) is 26.6. The first-order valence-electron chi connectivity index (χ1n) is 5.29. The molecule has 1 fully saturated rings. The number of amides is 2. The highest BCUT2D eigenvalue weighted by Gasteiger charge is 2.45. The van der Waals surface area contributed by atoms with E-state index in [0.29, 0.717) is 19.4 Å². The van der Waals surface area contributed by atoms with E-state index in [-0.39, 0.29) is 0 Å². The van der Waals surface area contributed by atoms with Crippen molar-refractivity contribution in [2.24, 2.45) is 0 Å². The van der Waals surface area contributed by atoms with Gasteiger partial charge in [0.05, 0.1) is 17.7 Å². The van der Waals surface area contributed by atoms with Crippen LogP contribution in [0, 0.1) is 0 Å². The van der Waals surface area contributed by atoms with E-state index < -0.39 is 17.5 Å². The molecule has 7 heteroatoms. The van der Waals surface area contributed by atoms with E-state index in [0.717, 1.165) is 12.1 Å². The number of thiazole rings is 1. The summed E-state index contributed by atoms with van der Waals surface area (Å²) in [6.07, 6.45) is 1.82. The number of carboxylic acid groups (broad SMARTS) is 1. The van der Waals surface area contributed by atoms with Gasteiger partial charge in [0.2, 0.25) is 0 Å². The number of nitrogens with one attached hydrogen (secondary N) is 2. The van der Waals surface area contributed by atoms with Crippen molar-refractivity contribution in [3.8, 4) is 0 Å². The summed E-state index contributed by atoms with van der Waals surface area (Å²) in [5.41, 5.74) is 1.38. The molecule has 0 radical (unpaired) electrons. The number of hydrogen-bond acceptors (Lipinski definition) is 4. The fourth-order valence-corrected chi connectivity index (χ4v) is 2.24. The summed E-state index contributed by atoms with van der Waals surface area (Å²) in [7, 11) is 0. The number of hydrogen-bond donors (Lipinski definition) is 3. The van der Waals surface area contributed by atoms with Gasteiger partial charge in [-0.1, -0.05) is 0 Å². The van der Waals surface area contributed by atoms with Crippen LogP contribution in [0.5, 0.6) is 0 Å². The van der Waals surface area contributed by atoms with Crippen molar-refractivity contribution in [1.29, 1.82) is 0 Å². The quantitative estimate of drug-likeness (QED) is 0.747. The van der Waals surface area contributed by atoms with Gasteiger partial charge < -0.3 is 15.7 Å². The largest absolute Gasteiger partial charge is 0.480 e. The van der Waals surface area contributed by atoms with Crippen LogP contribution >= 0.6 is 11.3 Å². The van der Waals surface area contributed by atoms with Crippen molar-refractivity contribution in [3.05, 3.63) is 16.6 Å². The van der Waals surface area contributed by atoms with E-state index in [2.05, 4.69) is 15.6 Å². The molecule has 92 valence electrons. The summed E-state index contributed by atoms with van der Waals surface area (Å²) in [5, 5.41) is 16.0. The molecule has 1 aromatic heterocycles. The molecule has 0 spiro atoms. The van der Waals surface area contributed by atoms with E-state index in [4.69, 9.17) is 5.11 Å². The number of aliphatic carboxylic acids is 1. The standard InChI is InChI=1S/C10H13N3O3S/c14-8(15)10(2-1-3-10)13-9(16)11-4-7-5-17-6-12-7/h5-6H,1-4H2,(H,14,15)(H2,11,13,16). The maximum absolute atomic E-state index is 11.5. The van der Waals surface area contributed by atoms with Gasteiger partial charge in [0.25, 0.3) is 0 Å². The number of rotatable bonds is 4. The molecule has 0 saturated heterocycles. The second kappa shape index (κ2) is 4.70. The zero-order chi connectivity index (χ0) is 12.3. The lowest BCUT2D eigenvalue weighted by molar-refractivity contribution is -0.148. The Labute approximate surface area is 102 Å². The zero-order valence-corrected chi connectivity index (χ0v) is 9.92. The predicted octanol–water partition coefficient (Wildman–Crippen LogP) is 0.950. The first-order chi connectivity index (χ1) is 8.12. The minimum absolute atomic E-state index is 0.311. The van der Waals surface area contributed by atoms with Gasteiger partial charge in [-0.3, -0.25) is 0 Å². The summed E-state index contributed by atoms with van der Waals surface area (Å²) in [5.74, 6) is -0.965. The molecule has 2 amide bonds. The van der Waals surface area contributed by atoms with Crippen molar-refractivity contribution in [1.82, 2.24) is 15.6 Å². The van der Waals surface area contributed by atoms with E-state index in [1.54, 1.807) is 5.51 Å². The number of urea groups is 1. The van der Waals surface area contributed by atoms with Crippen molar-refractivity contribution >= 4 is 23.3 Å². The van der Waals surface area contributed by atoms with Crippen LogP contribution in [-0.2, 0) is 11.3 Å². The fraction of sp³-hybridized carbons (Fsp3) is 0.500. The van der Waals surface area contributed by atoms with Gasteiger partial charge in [0.1, 0.15) is 5.54 Å². The molecule has 3 N–H and O–H groups in total. The molecule has 0 atom stereocenters. The van der Waals surface area contributed by atoms with Gasteiger partial charge in [-0.15, -0.1) is 11.3 Å². The highest BCUT2D eigenvalue weighted by atomic mass is 32.1. The van der Waals surface area contributed by atoms with Gasteiger partial charge in [-0.25, -0.2) is 14.6 Å². The van der Waals surface area contributed by atoms with Crippen LogP contribution in [0.15, 0.2) is 10.9 Å². The topological polar surface area (TPSA) is 91.3 Å². The van der Waals surface area contributed by atoms with Gasteiger partial charge in [0, 0.05) is 5.38 Å². The predicted molar refractivity (Wildman–Crippen MR) is 61.7 cm³/mol. The molecule has 1 heterocycles. The third kappa shape index (κ3) is 2.55. The van der Waals surface area contributed by atoms with Gasteiger partial charge in [0.15, 0.2) is 0 Å². The molecule has 0 bridgehead atoms. The minimum Gasteiger partial charge on any atom is -0.480 e. The molecule has 0 aromatic carbocycles. The van der Waals surface area contributed by atoms with Crippen molar-refractivity contribution in [3.63, 3.8) is 0 Å². The van der Waals surface area contributed by atoms with Gasteiger partial charge in [-0.2, -0.15) is 0 Å². The van der Waals surface area contributed by atoms with Crippen LogP contribution in [0.4, 0.5) is 4.79 Å². The summed E-state index contributed by atoms with van der Waals surface area (Å²) < 4.78 is 0. The average molecular weight is 255 g/mol. The lowest BCUT2D eigenvalue weighted by atomic mass is 9.77. The second-order valence-corrected chi connectivity index (χ2v) is 4.75. The van der Waals surface area contributed by atoms with Gasteiger partial charge >= 0.3 is 12.0 Å². The molecule has 1 aromatic rings. The molecular weight excluding hydrogens is 242 g/mol. The Morgan fingerprint density at radius 3 is 2.76 bits per heavy atom. The van der Waals surface area contributed by atoms with E-state index >= 15 is 0 Å². The Bertz CT molecular complexity index is 414. The number of aromatic nitrogens is 1. The SMILES string of the molecule is O=C(NCc1cscn1)NC1(C(=O)O)CCC1. The number of nitrogens with zero attached hydrogens (tertiary/aromatic N) is 1. The smallest absolute Gasteiger partial charge is 0.329 e. The van der Waals surface area contributed by atoms with Crippen LogP contribution in [0.2, 0.25) is 0 Å². The van der Waals surface area contributed by atoms with Crippen molar-refractivity contribution in [2.45, 2.75) is 31.3 Å². The number of carbonyl (C=O) groups is 2. The van der Waals surface area contributed by atoms with Gasteiger partial charge in [-0.05, 0) is 19.3 Å². The summed E-state index contributed by atoms with van der Waals surface area (Å²) >= 11 is 1.45. The zero-order valence-electron chi connectivity index (χ0n) is 9.10. The molecule has 1 aliphatic rings. The van der Waals surface area contributed by atoms with Crippen LogP contribution in [0.1, 0.15) is 25.0 Å². The molecule has 0 aliphatic heterocycles. The van der Waals surface area contributed by atoms with Crippen LogP contribution < -0.4 is 10.6 Å². The number of carbonyl (C=O) groups excluding carboxylic acids is 1. The summed E-state index contributed by atoms with van der Waals surface area (Å²) in [6, 6.07) is -0.458. The molecule has 1 aliphatic carbocycles. The van der Waals surface area contributed by atoms with E-state index in [1.807, 2.05) is 5.38 Å². The Kier molecular flexibility index (Phi) is 3.28. The highest BCUT2D eigenvalue weighted by molar-refractivity contribution is 7.07. The molecule has 0 unspecified atom stereocenters. The maximum Gasteiger partial charge on any atom is 0.329 e. The first kappa shape index (κ1) is 11.8. The van der Waals surface area contributed by atoms with Crippen molar-refractivity contribution in [2.75, 3.05) is 0 Å². The Morgan fingerprint density at radius 2 is 2.29 bits per heavy atom. The normalized spacial score (nSPS) is 16.9. The molecule has 2 rings (SSSR count). The van der Waals surface area contributed by atoms with Crippen LogP contribution in [0.25, 0.3) is 0 Å². The molecule has 17 heavy (non-hydrogen) atoms. The third-order valence-corrected chi connectivity index (χ3v) is 3.52. The Balaban J connectivity index is 1.83. The lowest BCUT2D eigenvalue weighted by Crippen LogP contribution is -2.61. The Morgan fingerprint density at radius 1 is 1.53 bits per heavy atom. The van der Waals surface area contributed by atoms with Crippen LogP contribution in [0.3, 0.4) is 0 Å².